The van der Waals surface area contributed by atoms with Crippen LogP contribution in [0, 0.1) is 11.3 Å². The van der Waals surface area contributed by atoms with Crippen LogP contribution in [0.15, 0.2) is 0 Å². The third kappa shape index (κ3) is 3.33. The van der Waals surface area contributed by atoms with Crippen LogP contribution in [0.3, 0.4) is 0 Å². The van der Waals surface area contributed by atoms with Crippen LogP contribution in [0.5, 0.6) is 0 Å². The van der Waals surface area contributed by atoms with Crippen LogP contribution in [-0.2, 0) is 9.59 Å². The average Bonchev–Trinajstić information content (AvgIpc) is 2.52. The lowest BCUT2D eigenvalue weighted by atomic mass is 9.76. The Kier molecular flexibility index (Phi) is 5.22. The highest BCUT2D eigenvalue weighted by molar-refractivity contribution is 5.86. The molecule has 1 rings (SSSR count). The molecule has 2 unspecified atom stereocenters. The summed E-state index contributed by atoms with van der Waals surface area (Å²) in [6.07, 6.45) is 3.94. The number of aliphatic carboxylic acids is 1. The Morgan fingerprint density at radius 2 is 1.85 bits per heavy atom. The van der Waals surface area contributed by atoms with Crippen molar-refractivity contribution < 1.29 is 14.7 Å². The van der Waals surface area contributed by atoms with Crippen molar-refractivity contribution in [3.63, 3.8) is 0 Å². The molecule has 0 aromatic rings. The Balaban J connectivity index is 3.04. The molecule has 1 saturated carbocycles. The number of hydrogen-bond acceptors (Lipinski definition) is 2. The lowest BCUT2D eigenvalue weighted by Gasteiger charge is -2.39. The fraction of sp³-hybridized carbons (Fsp3) is 0.875. The van der Waals surface area contributed by atoms with E-state index in [-0.39, 0.29) is 11.3 Å². The largest absolute Gasteiger partial charge is 0.479 e. The zero-order valence-electron chi connectivity index (χ0n) is 13.5. The molecule has 1 fully saturated rings. The van der Waals surface area contributed by atoms with Gasteiger partial charge in [-0.25, -0.2) is 4.79 Å². The first-order chi connectivity index (χ1) is 9.15. The quantitative estimate of drug-likeness (QED) is 0.808. The van der Waals surface area contributed by atoms with Crippen molar-refractivity contribution >= 4 is 11.9 Å². The predicted molar refractivity (Wildman–Crippen MR) is 79.5 cm³/mol. The predicted octanol–water partition coefficient (Wildman–Crippen LogP) is 3.30. The molecule has 1 aliphatic rings. The topological polar surface area (TPSA) is 57.6 Å². The highest BCUT2D eigenvalue weighted by atomic mass is 16.4. The average molecular weight is 283 g/mol. The number of carboxylic acid groups (broad SMARTS) is 1. The number of carbonyl (C=O) groups excluding carboxylic acids is 1. The maximum Gasteiger partial charge on any atom is 0.329 e. The van der Waals surface area contributed by atoms with Gasteiger partial charge in [0.2, 0.25) is 5.91 Å². The maximum atomic E-state index is 11.9. The number of carboxylic acids is 1. The SMILES string of the molecule is CCN(C(C)=O)C1(C(=O)O)CCCC(C(C)(C)C)CC1. The fourth-order valence-electron chi connectivity index (χ4n) is 3.62. The molecule has 0 bridgehead atoms. The highest BCUT2D eigenvalue weighted by Crippen LogP contribution is 2.42. The standard InChI is InChI=1S/C16H29NO3/c1-6-17(12(2)18)16(14(19)20)10-7-8-13(9-11-16)15(3,4)5/h13H,6-11H2,1-5H3,(H,19,20). The monoisotopic (exact) mass is 283 g/mol. The van der Waals surface area contributed by atoms with Crippen molar-refractivity contribution in [2.75, 3.05) is 6.54 Å². The fourth-order valence-corrected chi connectivity index (χ4v) is 3.62. The number of rotatable bonds is 3. The van der Waals surface area contributed by atoms with Crippen molar-refractivity contribution in [3.05, 3.63) is 0 Å². The summed E-state index contributed by atoms with van der Waals surface area (Å²) in [5.74, 6) is -0.456. The molecule has 1 N–H and O–H groups in total. The Morgan fingerprint density at radius 3 is 2.25 bits per heavy atom. The second-order valence-corrected chi connectivity index (χ2v) is 7.09. The molecule has 2 atom stereocenters. The molecular weight excluding hydrogens is 254 g/mol. The van der Waals surface area contributed by atoms with Crippen molar-refractivity contribution in [1.29, 1.82) is 0 Å². The van der Waals surface area contributed by atoms with Crippen LogP contribution < -0.4 is 0 Å². The zero-order chi connectivity index (χ0) is 15.6. The second-order valence-electron chi connectivity index (χ2n) is 7.09. The summed E-state index contributed by atoms with van der Waals surface area (Å²) in [7, 11) is 0. The summed E-state index contributed by atoms with van der Waals surface area (Å²) in [4.78, 5) is 25.3. The Morgan fingerprint density at radius 1 is 1.25 bits per heavy atom. The van der Waals surface area contributed by atoms with E-state index in [0.29, 0.717) is 25.3 Å². The van der Waals surface area contributed by atoms with E-state index in [4.69, 9.17) is 0 Å². The maximum absolute atomic E-state index is 11.9. The third-order valence-electron chi connectivity index (χ3n) is 4.89. The van der Waals surface area contributed by atoms with E-state index in [1.165, 1.54) is 6.92 Å². The Bertz CT molecular complexity index is 372. The van der Waals surface area contributed by atoms with E-state index < -0.39 is 11.5 Å². The van der Waals surface area contributed by atoms with Gasteiger partial charge in [0.1, 0.15) is 5.54 Å². The molecule has 0 saturated heterocycles. The smallest absolute Gasteiger partial charge is 0.329 e. The van der Waals surface area contributed by atoms with Crippen molar-refractivity contribution in [2.45, 2.75) is 72.3 Å². The van der Waals surface area contributed by atoms with E-state index in [2.05, 4.69) is 20.8 Å². The molecule has 0 aromatic heterocycles. The number of likely N-dealkylation sites (N-methyl/N-ethyl adjacent to an activating group) is 1. The van der Waals surface area contributed by atoms with E-state index in [1.807, 2.05) is 6.92 Å². The third-order valence-corrected chi connectivity index (χ3v) is 4.89. The molecule has 0 spiro atoms. The van der Waals surface area contributed by atoms with Gasteiger partial charge in [-0.15, -0.1) is 0 Å². The van der Waals surface area contributed by atoms with Crippen LogP contribution in [0.25, 0.3) is 0 Å². The minimum absolute atomic E-state index is 0.135. The van der Waals surface area contributed by atoms with Gasteiger partial charge >= 0.3 is 5.97 Å². The summed E-state index contributed by atoms with van der Waals surface area (Å²) in [5, 5.41) is 9.76. The van der Waals surface area contributed by atoms with Gasteiger partial charge in [0.05, 0.1) is 0 Å². The lowest BCUT2D eigenvalue weighted by Crippen LogP contribution is -2.56. The van der Waals surface area contributed by atoms with E-state index >= 15 is 0 Å². The van der Waals surface area contributed by atoms with Gasteiger partial charge in [-0.2, -0.15) is 0 Å². The molecule has 0 radical (unpaired) electrons. The second kappa shape index (κ2) is 6.15. The van der Waals surface area contributed by atoms with Gasteiger partial charge in [0.15, 0.2) is 0 Å². The summed E-state index contributed by atoms with van der Waals surface area (Å²) in [5.41, 5.74) is -0.803. The highest BCUT2D eigenvalue weighted by Gasteiger charge is 2.46. The van der Waals surface area contributed by atoms with Gasteiger partial charge in [-0.3, -0.25) is 4.79 Å². The molecule has 0 heterocycles. The number of carbonyl (C=O) groups is 2. The number of hydrogen-bond donors (Lipinski definition) is 1. The van der Waals surface area contributed by atoms with Gasteiger partial charge in [0, 0.05) is 13.5 Å². The summed E-state index contributed by atoms with van der Waals surface area (Å²) in [6.45, 7) is 10.4. The van der Waals surface area contributed by atoms with Gasteiger partial charge in [-0.1, -0.05) is 27.2 Å². The lowest BCUT2D eigenvalue weighted by molar-refractivity contribution is -0.159. The molecule has 0 aromatic carbocycles. The zero-order valence-corrected chi connectivity index (χ0v) is 13.5. The van der Waals surface area contributed by atoms with Crippen molar-refractivity contribution in [3.8, 4) is 0 Å². The summed E-state index contributed by atoms with van der Waals surface area (Å²) < 4.78 is 0. The van der Waals surface area contributed by atoms with Crippen LogP contribution >= 0.6 is 0 Å². The molecule has 4 nitrogen and oxygen atoms in total. The number of amides is 1. The molecular formula is C16H29NO3. The normalized spacial score (nSPS) is 27.8. The van der Waals surface area contributed by atoms with Crippen LogP contribution in [0.2, 0.25) is 0 Å². The van der Waals surface area contributed by atoms with E-state index in [9.17, 15) is 14.7 Å². The summed E-state index contributed by atoms with van der Waals surface area (Å²) >= 11 is 0. The van der Waals surface area contributed by atoms with Crippen molar-refractivity contribution in [2.24, 2.45) is 11.3 Å². The van der Waals surface area contributed by atoms with Crippen LogP contribution in [0.1, 0.15) is 66.7 Å². The van der Waals surface area contributed by atoms with Gasteiger partial charge < -0.3 is 10.0 Å². The first-order valence-corrected chi connectivity index (χ1v) is 7.66. The molecule has 20 heavy (non-hydrogen) atoms. The summed E-state index contributed by atoms with van der Waals surface area (Å²) in [6, 6.07) is 0. The Hall–Kier alpha value is -1.06. The first kappa shape index (κ1) is 17.0. The molecule has 1 amide bonds. The molecule has 1 aliphatic carbocycles. The van der Waals surface area contributed by atoms with Gasteiger partial charge in [0.25, 0.3) is 0 Å². The van der Waals surface area contributed by atoms with E-state index in [1.54, 1.807) is 4.90 Å². The van der Waals surface area contributed by atoms with Crippen LogP contribution in [0.4, 0.5) is 0 Å². The first-order valence-electron chi connectivity index (χ1n) is 7.66. The Labute approximate surface area is 122 Å². The molecule has 0 aliphatic heterocycles. The number of nitrogens with zero attached hydrogens (tertiary/aromatic N) is 1. The van der Waals surface area contributed by atoms with E-state index in [0.717, 1.165) is 19.3 Å². The van der Waals surface area contributed by atoms with Crippen LogP contribution in [-0.4, -0.2) is 34.0 Å². The molecule has 116 valence electrons. The van der Waals surface area contributed by atoms with Gasteiger partial charge in [-0.05, 0) is 43.9 Å². The minimum atomic E-state index is -0.999. The van der Waals surface area contributed by atoms with Crippen molar-refractivity contribution in [1.82, 2.24) is 4.90 Å². The molecule has 4 heteroatoms. The minimum Gasteiger partial charge on any atom is -0.479 e.